The van der Waals surface area contributed by atoms with E-state index in [-0.39, 0.29) is 0 Å². The molecule has 3 nitrogen and oxygen atoms in total. The Balaban J connectivity index is 1.57. The van der Waals surface area contributed by atoms with E-state index >= 15 is 0 Å². The molecule has 4 heteroatoms. The summed E-state index contributed by atoms with van der Waals surface area (Å²) in [7, 11) is 0. The van der Waals surface area contributed by atoms with E-state index in [9.17, 15) is 0 Å². The number of halogens is 1. The first-order chi connectivity index (χ1) is 10.3. The molecule has 1 aromatic heterocycles. The number of aromatic amines is 1. The number of aromatic nitrogens is 1. The first-order valence-electron chi connectivity index (χ1n) is 8.04. The molecule has 2 fully saturated rings. The highest BCUT2D eigenvalue weighted by atomic mass is 79.9. The minimum absolute atomic E-state index is 0.712. The predicted octanol–water partition coefficient (Wildman–Crippen LogP) is 3.65. The van der Waals surface area contributed by atoms with Crippen LogP contribution in [-0.2, 0) is 6.54 Å². The van der Waals surface area contributed by atoms with Gasteiger partial charge in [-0.3, -0.25) is 4.90 Å². The first-order valence-corrected chi connectivity index (χ1v) is 8.83. The van der Waals surface area contributed by atoms with Crippen molar-refractivity contribution >= 4 is 26.8 Å². The predicted molar refractivity (Wildman–Crippen MR) is 90.5 cm³/mol. The highest BCUT2D eigenvalue weighted by molar-refractivity contribution is 9.10. The van der Waals surface area contributed by atoms with Gasteiger partial charge in [0.05, 0.1) is 0 Å². The fourth-order valence-electron chi connectivity index (χ4n) is 4.04. The Bertz CT molecular complexity index is 630. The number of rotatable bonds is 3. The van der Waals surface area contributed by atoms with Crippen LogP contribution in [0.15, 0.2) is 28.9 Å². The summed E-state index contributed by atoms with van der Waals surface area (Å²) < 4.78 is 1.16. The molecule has 0 saturated carbocycles. The minimum atomic E-state index is 0.712. The zero-order chi connectivity index (χ0) is 14.2. The quantitative estimate of drug-likeness (QED) is 0.887. The Labute approximate surface area is 134 Å². The number of H-pyrrole nitrogens is 1. The van der Waals surface area contributed by atoms with Gasteiger partial charge >= 0.3 is 0 Å². The summed E-state index contributed by atoms with van der Waals surface area (Å²) in [5, 5.41) is 5.05. The average Bonchev–Trinajstić information content (AvgIpc) is 3.20. The Morgan fingerprint density at radius 3 is 3.05 bits per heavy atom. The van der Waals surface area contributed by atoms with Crippen LogP contribution in [0.5, 0.6) is 0 Å². The van der Waals surface area contributed by atoms with Crippen LogP contribution in [0.1, 0.15) is 31.2 Å². The number of hydrogen-bond donors (Lipinski definition) is 2. The molecule has 4 rings (SSSR count). The first kappa shape index (κ1) is 13.8. The molecule has 2 atom stereocenters. The second kappa shape index (κ2) is 5.75. The highest BCUT2D eigenvalue weighted by Crippen LogP contribution is 2.29. The molecular weight excluding hydrogens is 326 g/mol. The summed E-state index contributed by atoms with van der Waals surface area (Å²) in [6.45, 7) is 3.51. The standard InChI is InChI=1S/C17H22BrN3/c18-13-5-6-15-14(9-13)12(10-20-15)11-21-8-2-4-17(21)16-3-1-7-19-16/h5-6,9-10,16-17,19-20H,1-4,7-8,11H2. The van der Waals surface area contributed by atoms with Gasteiger partial charge in [-0.1, -0.05) is 15.9 Å². The van der Waals surface area contributed by atoms with E-state index < -0.39 is 0 Å². The molecule has 2 aromatic rings. The van der Waals surface area contributed by atoms with Crippen LogP contribution in [0, 0.1) is 0 Å². The fraction of sp³-hybridized carbons (Fsp3) is 0.529. The van der Waals surface area contributed by atoms with Gasteiger partial charge in [-0.25, -0.2) is 0 Å². The van der Waals surface area contributed by atoms with Crippen LogP contribution < -0.4 is 5.32 Å². The maximum Gasteiger partial charge on any atom is 0.0458 e. The van der Waals surface area contributed by atoms with E-state index in [4.69, 9.17) is 0 Å². The van der Waals surface area contributed by atoms with E-state index in [0.29, 0.717) is 6.04 Å². The molecule has 1 aromatic carbocycles. The molecule has 0 radical (unpaired) electrons. The monoisotopic (exact) mass is 347 g/mol. The van der Waals surface area contributed by atoms with Gasteiger partial charge < -0.3 is 10.3 Å². The van der Waals surface area contributed by atoms with Gasteiger partial charge in [-0.05, 0) is 62.5 Å². The molecule has 2 saturated heterocycles. The molecule has 0 aliphatic carbocycles. The molecule has 0 amide bonds. The van der Waals surface area contributed by atoms with Gasteiger partial charge in [0.15, 0.2) is 0 Å². The third-order valence-electron chi connectivity index (χ3n) is 5.08. The molecule has 112 valence electrons. The van der Waals surface area contributed by atoms with Gasteiger partial charge in [-0.2, -0.15) is 0 Å². The third kappa shape index (κ3) is 2.65. The zero-order valence-corrected chi connectivity index (χ0v) is 13.8. The molecule has 0 spiro atoms. The number of benzene rings is 1. The molecule has 2 aliphatic rings. The number of nitrogens with one attached hydrogen (secondary N) is 2. The van der Waals surface area contributed by atoms with E-state index in [0.717, 1.165) is 17.1 Å². The fourth-order valence-corrected chi connectivity index (χ4v) is 4.41. The van der Waals surface area contributed by atoms with Gasteiger partial charge in [0.1, 0.15) is 0 Å². The maximum absolute atomic E-state index is 3.70. The Morgan fingerprint density at radius 2 is 2.19 bits per heavy atom. The molecule has 3 heterocycles. The van der Waals surface area contributed by atoms with Gasteiger partial charge in [0.2, 0.25) is 0 Å². The molecule has 2 aliphatic heterocycles. The van der Waals surface area contributed by atoms with Gasteiger partial charge in [0.25, 0.3) is 0 Å². The van der Waals surface area contributed by atoms with Crippen molar-refractivity contribution in [2.24, 2.45) is 0 Å². The third-order valence-corrected chi connectivity index (χ3v) is 5.57. The lowest BCUT2D eigenvalue weighted by molar-refractivity contribution is 0.207. The van der Waals surface area contributed by atoms with Gasteiger partial charge in [-0.15, -0.1) is 0 Å². The lowest BCUT2D eigenvalue weighted by atomic mass is 10.0. The van der Waals surface area contributed by atoms with Gasteiger partial charge in [0, 0.05) is 40.2 Å². The summed E-state index contributed by atoms with van der Waals surface area (Å²) in [5.41, 5.74) is 2.67. The lowest BCUT2D eigenvalue weighted by Gasteiger charge is -2.29. The van der Waals surface area contributed by atoms with Crippen molar-refractivity contribution in [3.05, 3.63) is 34.4 Å². The second-order valence-corrected chi connectivity index (χ2v) is 7.30. The van der Waals surface area contributed by atoms with Crippen molar-refractivity contribution in [2.45, 2.75) is 44.3 Å². The molecule has 21 heavy (non-hydrogen) atoms. The number of hydrogen-bond acceptors (Lipinski definition) is 2. The van der Waals surface area contributed by atoms with E-state index in [2.05, 4.69) is 55.5 Å². The maximum atomic E-state index is 3.70. The summed E-state index contributed by atoms with van der Waals surface area (Å²) in [5.74, 6) is 0. The van der Waals surface area contributed by atoms with Crippen LogP contribution in [0.2, 0.25) is 0 Å². The Hall–Kier alpha value is -0.840. The van der Waals surface area contributed by atoms with Crippen molar-refractivity contribution < 1.29 is 0 Å². The van der Waals surface area contributed by atoms with E-state index in [1.54, 1.807) is 0 Å². The van der Waals surface area contributed by atoms with E-state index in [1.165, 1.54) is 55.2 Å². The normalized spacial score (nSPS) is 26.9. The van der Waals surface area contributed by atoms with Crippen molar-refractivity contribution in [3.63, 3.8) is 0 Å². The van der Waals surface area contributed by atoms with Crippen molar-refractivity contribution in [1.82, 2.24) is 15.2 Å². The van der Waals surface area contributed by atoms with Crippen LogP contribution >= 0.6 is 15.9 Å². The highest BCUT2D eigenvalue weighted by Gasteiger charge is 2.33. The summed E-state index contributed by atoms with van der Waals surface area (Å²) in [6.07, 6.45) is 7.57. The van der Waals surface area contributed by atoms with Crippen LogP contribution in [-0.4, -0.2) is 35.1 Å². The zero-order valence-electron chi connectivity index (χ0n) is 12.2. The van der Waals surface area contributed by atoms with Crippen LogP contribution in [0.25, 0.3) is 10.9 Å². The largest absolute Gasteiger partial charge is 0.361 e. The van der Waals surface area contributed by atoms with Crippen LogP contribution in [0.3, 0.4) is 0 Å². The smallest absolute Gasteiger partial charge is 0.0458 e. The van der Waals surface area contributed by atoms with Crippen molar-refractivity contribution in [2.75, 3.05) is 13.1 Å². The molecule has 2 N–H and O–H groups in total. The molecule has 0 bridgehead atoms. The number of fused-ring (bicyclic) bond motifs is 1. The van der Waals surface area contributed by atoms with Crippen LogP contribution in [0.4, 0.5) is 0 Å². The SMILES string of the molecule is Brc1ccc2[nH]cc(CN3CCCC3C3CCCN3)c2c1. The topological polar surface area (TPSA) is 31.1 Å². The minimum Gasteiger partial charge on any atom is -0.361 e. The average molecular weight is 348 g/mol. The second-order valence-electron chi connectivity index (χ2n) is 6.39. The van der Waals surface area contributed by atoms with Crippen molar-refractivity contribution in [1.29, 1.82) is 0 Å². The summed E-state index contributed by atoms with van der Waals surface area (Å²) in [4.78, 5) is 6.10. The number of nitrogens with zero attached hydrogens (tertiary/aromatic N) is 1. The number of likely N-dealkylation sites (tertiary alicyclic amines) is 1. The molecular formula is C17H22BrN3. The van der Waals surface area contributed by atoms with E-state index in [1.807, 2.05) is 0 Å². The Morgan fingerprint density at radius 1 is 1.24 bits per heavy atom. The summed E-state index contributed by atoms with van der Waals surface area (Å²) >= 11 is 3.59. The summed E-state index contributed by atoms with van der Waals surface area (Å²) in [6, 6.07) is 7.93. The molecule has 2 unspecified atom stereocenters. The lowest BCUT2D eigenvalue weighted by Crippen LogP contribution is -2.43. The van der Waals surface area contributed by atoms with Crippen molar-refractivity contribution in [3.8, 4) is 0 Å². The Kier molecular flexibility index (Phi) is 3.78.